The number of aromatic nitrogens is 2. The number of fused-ring (bicyclic) bond motifs is 4. The lowest BCUT2D eigenvalue weighted by molar-refractivity contribution is 0.693. The van der Waals surface area contributed by atoms with Crippen LogP contribution in [0.1, 0.15) is 83.2 Å². The average Bonchev–Trinajstić information content (AvgIpc) is 3.27. The van der Waals surface area contributed by atoms with Gasteiger partial charge in [-0.3, -0.25) is 4.99 Å². The highest BCUT2D eigenvalue weighted by Gasteiger charge is 2.43. The van der Waals surface area contributed by atoms with E-state index in [4.69, 9.17) is 9.98 Å². The summed E-state index contributed by atoms with van der Waals surface area (Å²) in [6, 6.07) is 0. The van der Waals surface area contributed by atoms with E-state index in [-0.39, 0.29) is 5.37 Å². The van der Waals surface area contributed by atoms with Gasteiger partial charge in [0.2, 0.25) is 0 Å². The fourth-order valence-electron chi connectivity index (χ4n) is 4.43. The highest BCUT2D eigenvalue weighted by molar-refractivity contribution is 8.00. The van der Waals surface area contributed by atoms with Crippen molar-refractivity contribution in [1.29, 1.82) is 0 Å². The Kier molecular flexibility index (Phi) is 5.63. The molecule has 26 heavy (non-hydrogen) atoms. The number of thioether (sulfide) groups is 1. The lowest BCUT2D eigenvalue weighted by Gasteiger charge is -2.26. The number of hydrogen-bond donors (Lipinski definition) is 1. The molecule has 0 unspecified atom stereocenters. The van der Waals surface area contributed by atoms with Gasteiger partial charge >= 0.3 is 0 Å². The third kappa shape index (κ3) is 3.30. The maximum Gasteiger partial charge on any atom is 0.143 e. The zero-order valence-electron chi connectivity index (χ0n) is 16.1. The quantitative estimate of drug-likeness (QED) is 0.595. The molecule has 3 aliphatic rings. The summed E-state index contributed by atoms with van der Waals surface area (Å²) in [5.41, 5.74) is 5.83. The molecule has 0 bridgehead atoms. The molecule has 0 spiro atoms. The van der Waals surface area contributed by atoms with Gasteiger partial charge in [-0.15, -0.1) is 0 Å². The maximum atomic E-state index is 5.22. The van der Waals surface area contributed by atoms with Gasteiger partial charge in [0.1, 0.15) is 17.5 Å². The molecule has 1 aromatic heterocycles. The molecular weight excluding hydrogens is 340 g/mol. The Morgan fingerprint density at radius 2 is 2.00 bits per heavy atom. The SMILES string of the molecule is CCCCCNc1ncnc2c1S[C@H]1N=C(CCCC)C3=C(CCC3)[C@H]21. The number of dihydropyridines is 1. The van der Waals surface area contributed by atoms with Crippen molar-refractivity contribution in [2.45, 2.75) is 87.8 Å². The molecule has 4 nitrogen and oxygen atoms in total. The molecule has 2 aliphatic heterocycles. The first-order valence-electron chi connectivity index (χ1n) is 10.4. The van der Waals surface area contributed by atoms with Crippen molar-refractivity contribution in [2.75, 3.05) is 11.9 Å². The van der Waals surface area contributed by atoms with Crippen LogP contribution in [0.15, 0.2) is 27.4 Å². The number of aliphatic imine (C=N–C) groups is 1. The van der Waals surface area contributed by atoms with Crippen molar-refractivity contribution in [3.8, 4) is 0 Å². The number of rotatable bonds is 8. The topological polar surface area (TPSA) is 50.2 Å². The molecule has 0 saturated carbocycles. The van der Waals surface area contributed by atoms with E-state index in [0.29, 0.717) is 5.92 Å². The van der Waals surface area contributed by atoms with Crippen LogP contribution < -0.4 is 5.32 Å². The highest BCUT2D eigenvalue weighted by Crippen LogP contribution is 2.55. The van der Waals surface area contributed by atoms with E-state index in [1.165, 1.54) is 67.7 Å². The molecule has 0 saturated heterocycles. The fourth-order valence-corrected chi connectivity index (χ4v) is 5.81. The van der Waals surface area contributed by atoms with Gasteiger partial charge in [-0.25, -0.2) is 9.97 Å². The number of anilines is 1. The van der Waals surface area contributed by atoms with Crippen molar-refractivity contribution in [2.24, 2.45) is 4.99 Å². The number of hydrogen-bond acceptors (Lipinski definition) is 5. The molecule has 3 heterocycles. The van der Waals surface area contributed by atoms with Gasteiger partial charge in [0, 0.05) is 12.3 Å². The number of unbranched alkanes of at least 4 members (excludes halogenated alkanes) is 3. The standard InChI is InChI=1S/C21H30N4S/c1-3-5-7-12-22-20-19-18(23-13-24-20)17-15-10-8-9-14(15)16(11-6-4-2)25-21(17)26-19/h13,17,21H,3-12H2,1-2H3,(H,22,23,24)/t17-,21-/m1/s1. The van der Waals surface area contributed by atoms with Crippen LogP contribution in [0, 0.1) is 0 Å². The Morgan fingerprint density at radius 1 is 1.12 bits per heavy atom. The Balaban J connectivity index is 1.60. The molecule has 1 N–H and O–H groups in total. The summed E-state index contributed by atoms with van der Waals surface area (Å²) in [4.78, 5) is 15.7. The van der Waals surface area contributed by atoms with Crippen LogP contribution in [0.3, 0.4) is 0 Å². The lowest BCUT2D eigenvalue weighted by atomic mass is 9.87. The molecule has 4 rings (SSSR count). The van der Waals surface area contributed by atoms with E-state index in [1.807, 2.05) is 11.8 Å². The third-order valence-corrected chi connectivity index (χ3v) is 7.01. The predicted molar refractivity (Wildman–Crippen MR) is 110 cm³/mol. The summed E-state index contributed by atoms with van der Waals surface area (Å²) in [5, 5.41) is 3.84. The molecule has 0 fully saturated rings. The highest BCUT2D eigenvalue weighted by atomic mass is 32.2. The van der Waals surface area contributed by atoms with Crippen LogP contribution in [-0.4, -0.2) is 27.6 Å². The molecule has 0 aromatic carbocycles. The zero-order chi connectivity index (χ0) is 17.9. The first kappa shape index (κ1) is 18.0. The number of nitrogens with one attached hydrogen (secondary N) is 1. The van der Waals surface area contributed by atoms with Gasteiger partial charge in [0.25, 0.3) is 0 Å². The van der Waals surface area contributed by atoms with Crippen molar-refractivity contribution in [3.63, 3.8) is 0 Å². The molecule has 5 heteroatoms. The van der Waals surface area contributed by atoms with Crippen molar-refractivity contribution < 1.29 is 0 Å². The van der Waals surface area contributed by atoms with Crippen LogP contribution in [0.4, 0.5) is 5.82 Å². The zero-order valence-corrected chi connectivity index (χ0v) is 16.9. The molecule has 2 atom stereocenters. The normalized spacial score (nSPS) is 23.5. The Hall–Kier alpha value is -1.36. The van der Waals surface area contributed by atoms with Crippen molar-refractivity contribution in [1.82, 2.24) is 9.97 Å². The molecule has 1 aromatic rings. The molecule has 0 amide bonds. The minimum atomic E-state index is 0.279. The summed E-state index contributed by atoms with van der Waals surface area (Å²) in [6.45, 7) is 5.50. The van der Waals surface area contributed by atoms with E-state index in [1.54, 1.807) is 17.5 Å². The second-order valence-corrected chi connectivity index (χ2v) is 8.72. The van der Waals surface area contributed by atoms with E-state index in [9.17, 15) is 0 Å². The number of allylic oxidation sites excluding steroid dienone is 1. The Morgan fingerprint density at radius 3 is 2.85 bits per heavy atom. The summed E-state index contributed by atoms with van der Waals surface area (Å²) in [7, 11) is 0. The van der Waals surface area contributed by atoms with E-state index in [0.717, 1.165) is 18.8 Å². The predicted octanol–water partition coefficient (Wildman–Crippen LogP) is 5.72. The summed E-state index contributed by atoms with van der Waals surface area (Å²) >= 11 is 1.89. The van der Waals surface area contributed by atoms with Gasteiger partial charge < -0.3 is 5.32 Å². The monoisotopic (exact) mass is 370 g/mol. The number of nitrogens with zero attached hydrogens (tertiary/aromatic N) is 3. The molecule has 0 radical (unpaired) electrons. The van der Waals surface area contributed by atoms with Gasteiger partial charge in [-0.1, -0.05) is 50.4 Å². The Labute approximate surface area is 161 Å². The summed E-state index contributed by atoms with van der Waals surface area (Å²) < 4.78 is 0. The minimum Gasteiger partial charge on any atom is -0.369 e. The van der Waals surface area contributed by atoms with Crippen molar-refractivity contribution >= 4 is 23.3 Å². The van der Waals surface area contributed by atoms with Gasteiger partial charge in [0.05, 0.1) is 16.5 Å². The van der Waals surface area contributed by atoms with Crippen LogP contribution >= 0.6 is 11.8 Å². The van der Waals surface area contributed by atoms with Crippen LogP contribution in [-0.2, 0) is 0 Å². The molecular formula is C21H30N4S. The lowest BCUT2D eigenvalue weighted by Crippen LogP contribution is -2.21. The summed E-state index contributed by atoms with van der Waals surface area (Å²) in [5.74, 6) is 1.41. The van der Waals surface area contributed by atoms with Crippen LogP contribution in [0.5, 0.6) is 0 Å². The third-order valence-electron chi connectivity index (χ3n) is 5.76. The van der Waals surface area contributed by atoms with Crippen LogP contribution in [0.2, 0.25) is 0 Å². The van der Waals surface area contributed by atoms with E-state index in [2.05, 4.69) is 24.1 Å². The minimum absolute atomic E-state index is 0.279. The van der Waals surface area contributed by atoms with E-state index < -0.39 is 0 Å². The second-order valence-electron chi connectivity index (χ2n) is 7.59. The van der Waals surface area contributed by atoms with Gasteiger partial charge in [-0.2, -0.15) is 0 Å². The fraction of sp³-hybridized carbons (Fsp3) is 0.667. The average molecular weight is 371 g/mol. The maximum absolute atomic E-state index is 5.22. The first-order valence-corrected chi connectivity index (χ1v) is 11.3. The van der Waals surface area contributed by atoms with Crippen molar-refractivity contribution in [3.05, 3.63) is 23.2 Å². The largest absolute Gasteiger partial charge is 0.369 e. The first-order chi connectivity index (χ1) is 12.8. The molecule has 140 valence electrons. The molecule has 1 aliphatic carbocycles. The second kappa shape index (κ2) is 8.12. The van der Waals surface area contributed by atoms with E-state index >= 15 is 0 Å². The van der Waals surface area contributed by atoms with Crippen LogP contribution in [0.25, 0.3) is 0 Å². The van der Waals surface area contributed by atoms with Gasteiger partial charge in [0.15, 0.2) is 0 Å². The smallest absolute Gasteiger partial charge is 0.143 e. The van der Waals surface area contributed by atoms with Gasteiger partial charge in [-0.05, 0) is 44.1 Å². The summed E-state index contributed by atoms with van der Waals surface area (Å²) in [6.07, 6.45) is 12.8. The Bertz CT molecular complexity index is 725.